The summed E-state index contributed by atoms with van der Waals surface area (Å²) in [5, 5.41) is 19.5. The normalized spacial score (nSPS) is 15.8. The number of hydrogen-bond acceptors (Lipinski definition) is 6. The summed E-state index contributed by atoms with van der Waals surface area (Å²) < 4.78 is 9.74. The zero-order valence-corrected chi connectivity index (χ0v) is 14.0. The van der Waals surface area contributed by atoms with E-state index in [-0.39, 0.29) is 31.3 Å². The molecule has 0 bridgehead atoms. The number of phenolic OH excluding ortho intramolecular Hbond substituents is 1. The van der Waals surface area contributed by atoms with Gasteiger partial charge in [-0.25, -0.2) is 0 Å². The lowest BCUT2D eigenvalue weighted by molar-refractivity contribution is -0.132. The Labute approximate surface area is 146 Å². The Balaban J connectivity index is 1.89. The molecule has 1 amide bonds. The highest BCUT2D eigenvalue weighted by Gasteiger charge is 2.14. The van der Waals surface area contributed by atoms with Crippen molar-refractivity contribution in [3.8, 4) is 11.5 Å². The number of aliphatic hydroxyl groups is 1. The van der Waals surface area contributed by atoms with E-state index >= 15 is 0 Å². The second-order valence-corrected chi connectivity index (χ2v) is 5.83. The van der Waals surface area contributed by atoms with Crippen molar-refractivity contribution in [3.05, 3.63) is 29.8 Å². The van der Waals surface area contributed by atoms with Gasteiger partial charge in [0, 0.05) is 30.8 Å². The Morgan fingerprint density at radius 3 is 2.68 bits per heavy atom. The number of phenols is 1. The maximum Gasteiger partial charge on any atom is 0.293 e. The first-order chi connectivity index (χ1) is 12.1. The molecule has 2 rings (SSSR count). The summed E-state index contributed by atoms with van der Waals surface area (Å²) in [6.45, 7) is 1.57. The predicted molar refractivity (Wildman–Crippen MR) is 91.1 cm³/mol. The first-order valence-electron chi connectivity index (χ1n) is 8.26. The fraction of sp³-hybridized carbons (Fsp3) is 0.444. The van der Waals surface area contributed by atoms with E-state index in [2.05, 4.69) is 4.74 Å². The molecular formula is C18H23NO6. The molecule has 0 spiro atoms. The molecule has 1 aromatic rings. The number of piperidine rings is 1. The zero-order valence-electron chi connectivity index (χ0n) is 14.0. The topological polar surface area (TPSA) is 96.3 Å². The highest BCUT2D eigenvalue weighted by Crippen LogP contribution is 2.25. The molecule has 0 radical (unpaired) electrons. The van der Waals surface area contributed by atoms with Crippen LogP contribution in [0.4, 0.5) is 0 Å². The molecule has 1 fully saturated rings. The van der Waals surface area contributed by atoms with Crippen molar-refractivity contribution >= 4 is 18.5 Å². The average Bonchev–Trinajstić information content (AvgIpc) is 2.64. The van der Waals surface area contributed by atoms with Crippen LogP contribution in [0.3, 0.4) is 0 Å². The van der Waals surface area contributed by atoms with E-state index < -0.39 is 6.10 Å². The molecule has 25 heavy (non-hydrogen) atoms. The van der Waals surface area contributed by atoms with Gasteiger partial charge in [0.05, 0.1) is 0 Å². The predicted octanol–water partition coefficient (Wildman–Crippen LogP) is 1.33. The van der Waals surface area contributed by atoms with Gasteiger partial charge in [0.15, 0.2) is 0 Å². The number of ether oxygens (including phenoxy) is 2. The fourth-order valence-electron chi connectivity index (χ4n) is 2.53. The Kier molecular flexibility index (Phi) is 7.28. The Hall–Kier alpha value is -2.54. The quantitative estimate of drug-likeness (QED) is 0.543. The maximum absolute atomic E-state index is 12.1. The summed E-state index contributed by atoms with van der Waals surface area (Å²) >= 11 is 0. The minimum atomic E-state index is -0.950. The van der Waals surface area contributed by atoms with Gasteiger partial charge in [0.2, 0.25) is 5.91 Å². The minimum Gasteiger partial charge on any atom is -0.507 e. The summed E-state index contributed by atoms with van der Waals surface area (Å²) in [5.41, 5.74) is 0.502. The third-order valence-corrected chi connectivity index (χ3v) is 3.87. The number of benzene rings is 1. The first-order valence-corrected chi connectivity index (χ1v) is 8.26. The molecule has 0 aliphatic carbocycles. The lowest BCUT2D eigenvalue weighted by Gasteiger charge is -2.25. The van der Waals surface area contributed by atoms with Crippen LogP contribution >= 0.6 is 0 Å². The van der Waals surface area contributed by atoms with Crippen LogP contribution in [0.15, 0.2) is 24.3 Å². The maximum atomic E-state index is 12.1. The number of nitrogens with zero attached hydrogens (tertiary/aromatic N) is 1. The molecule has 2 N–H and O–H groups in total. The van der Waals surface area contributed by atoms with Crippen molar-refractivity contribution in [1.29, 1.82) is 0 Å². The number of aromatic hydroxyl groups is 1. The molecule has 1 unspecified atom stereocenters. The van der Waals surface area contributed by atoms with Gasteiger partial charge in [-0.2, -0.15) is 0 Å². The SMILES string of the molecule is O=COCC(O)COc1ccc(/C=C/C(=O)N2CCCCC2)c(O)c1. The van der Waals surface area contributed by atoms with E-state index in [4.69, 9.17) is 4.74 Å². The largest absolute Gasteiger partial charge is 0.507 e. The van der Waals surface area contributed by atoms with E-state index in [0.29, 0.717) is 11.3 Å². The Bertz CT molecular complexity index is 610. The van der Waals surface area contributed by atoms with Crippen LogP contribution in [0.5, 0.6) is 11.5 Å². The van der Waals surface area contributed by atoms with Crippen molar-refractivity contribution in [1.82, 2.24) is 4.90 Å². The molecular weight excluding hydrogens is 326 g/mol. The van der Waals surface area contributed by atoms with Crippen molar-refractivity contribution in [2.75, 3.05) is 26.3 Å². The van der Waals surface area contributed by atoms with Gasteiger partial charge in [-0.3, -0.25) is 9.59 Å². The highest BCUT2D eigenvalue weighted by atomic mass is 16.5. The Morgan fingerprint density at radius 1 is 1.24 bits per heavy atom. The highest BCUT2D eigenvalue weighted by molar-refractivity contribution is 5.92. The average molecular weight is 349 g/mol. The molecule has 1 atom stereocenters. The molecule has 7 nitrogen and oxygen atoms in total. The summed E-state index contributed by atoms with van der Waals surface area (Å²) in [4.78, 5) is 23.9. The number of rotatable bonds is 8. The van der Waals surface area contributed by atoms with Gasteiger partial charge in [-0.1, -0.05) is 0 Å². The first kappa shape index (κ1) is 18.8. The summed E-state index contributed by atoms with van der Waals surface area (Å²) in [5.74, 6) is 0.277. The number of amides is 1. The van der Waals surface area contributed by atoms with Gasteiger partial charge in [-0.05, 0) is 37.5 Å². The van der Waals surface area contributed by atoms with Gasteiger partial charge >= 0.3 is 0 Å². The lowest BCUT2D eigenvalue weighted by atomic mass is 10.1. The molecule has 0 saturated carbocycles. The van der Waals surface area contributed by atoms with Crippen molar-refractivity contribution in [2.24, 2.45) is 0 Å². The molecule has 7 heteroatoms. The number of carbonyl (C=O) groups is 2. The summed E-state index contributed by atoms with van der Waals surface area (Å²) in [7, 11) is 0. The fourth-order valence-corrected chi connectivity index (χ4v) is 2.53. The van der Waals surface area contributed by atoms with E-state index in [0.717, 1.165) is 32.4 Å². The standard InChI is InChI=1S/C18H23NO6/c20-13-24-11-15(21)12-25-16-6-4-14(17(22)10-16)5-7-18(23)19-8-2-1-3-9-19/h4-7,10,13,15,21-22H,1-3,8-9,11-12H2/b7-5+. The molecule has 136 valence electrons. The van der Waals surface area contributed by atoms with Gasteiger partial charge in [-0.15, -0.1) is 0 Å². The number of carbonyl (C=O) groups excluding carboxylic acids is 2. The molecule has 1 aliphatic rings. The van der Waals surface area contributed by atoms with E-state index in [1.54, 1.807) is 23.1 Å². The van der Waals surface area contributed by atoms with Gasteiger partial charge < -0.3 is 24.6 Å². The summed E-state index contributed by atoms with van der Waals surface area (Å²) in [6, 6.07) is 4.65. The number of aliphatic hydroxyl groups excluding tert-OH is 1. The third kappa shape index (κ3) is 6.11. The van der Waals surface area contributed by atoms with Crippen molar-refractivity contribution in [2.45, 2.75) is 25.4 Å². The van der Waals surface area contributed by atoms with Crippen molar-refractivity contribution < 1.29 is 29.3 Å². The van der Waals surface area contributed by atoms with E-state index in [9.17, 15) is 19.8 Å². The van der Waals surface area contributed by atoms with E-state index in [1.807, 2.05) is 0 Å². The zero-order chi connectivity index (χ0) is 18.1. The van der Waals surface area contributed by atoms with Crippen LogP contribution in [-0.2, 0) is 14.3 Å². The molecule has 1 saturated heterocycles. The van der Waals surface area contributed by atoms with Gasteiger partial charge in [0.25, 0.3) is 6.47 Å². The van der Waals surface area contributed by atoms with Gasteiger partial charge in [0.1, 0.15) is 30.8 Å². The lowest BCUT2D eigenvalue weighted by Crippen LogP contribution is -2.34. The number of hydrogen-bond donors (Lipinski definition) is 2. The molecule has 1 heterocycles. The monoisotopic (exact) mass is 349 g/mol. The smallest absolute Gasteiger partial charge is 0.293 e. The van der Waals surface area contributed by atoms with Crippen LogP contribution in [0, 0.1) is 0 Å². The van der Waals surface area contributed by atoms with Crippen LogP contribution < -0.4 is 4.74 Å². The molecule has 1 aliphatic heterocycles. The van der Waals surface area contributed by atoms with Crippen LogP contribution in [-0.4, -0.2) is 59.9 Å². The van der Waals surface area contributed by atoms with Crippen LogP contribution in [0.2, 0.25) is 0 Å². The van der Waals surface area contributed by atoms with Crippen LogP contribution in [0.25, 0.3) is 6.08 Å². The second-order valence-electron chi connectivity index (χ2n) is 5.83. The minimum absolute atomic E-state index is 0.0289. The summed E-state index contributed by atoms with van der Waals surface area (Å²) in [6.07, 6.45) is 5.30. The Morgan fingerprint density at radius 2 is 2.00 bits per heavy atom. The third-order valence-electron chi connectivity index (χ3n) is 3.87. The second kappa shape index (κ2) is 9.68. The number of likely N-dealkylation sites (tertiary alicyclic amines) is 1. The van der Waals surface area contributed by atoms with Crippen molar-refractivity contribution in [3.63, 3.8) is 0 Å². The van der Waals surface area contributed by atoms with Crippen LogP contribution in [0.1, 0.15) is 24.8 Å². The molecule has 0 aromatic heterocycles. The molecule has 1 aromatic carbocycles. The van der Waals surface area contributed by atoms with E-state index in [1.165, 1.54) is 12.1 Å².